The van der Waals surface area contributed by atoms with Crippen LogP contribution >= 0.6 is 12.2 Å². The highest BCUT2D eigenvalue weighted by Crippen LogP contribution is 2.24. The first-order valence-electron chi connectivity index (χ1n) is 6.46. The molecule has 2 aromatic carbocycles. The van der Waals surface area contributed by atoms with Gasteiger partial charge >= 0.3 is 5.97 Å². The Kier molecular flexibility index (Phi) is 4.75. The fraction of sp³-hybridized carbons (Fsp3) is 0.250. The van der Waals surface area contributed by atoms with E-state index in [1.54, 1.807) is 19.1 Å². The number of nitrogens with zero attached hydrogens (tertiary/aromatic N) is 1. The summed E-state index contributed by atoms with van der Waals surface area (Å²) in [7, 11) is 4.78. The summed E-state index contributed by atoms with van der Waals surface area (Å²) >= 11 is 5.49. The Labute approximate surface area is 129 Å². The average Bonchev–Trinajstić information content (AvgIpc) is 2.52. The fourth-order valence-corrected chi connectivity index (χ4v) is 2.35. The summed E-state index contributed by atoms with van der Waals surface area (Å²) in [6.45, 7) is 0.127. The lowest BCUT2D eigenvalue weighted by atomic mass is 10.0. The third-order valence-electron chi connectivity index (χ3n) is 3.26. The van der Waals surface area contributed by atoms with Crippen LogP contribution in [0.3, 0.4) is 0 Å². The van der Waals surface area contributed by atoms with E-state index in [0.717, 1.165) is 22.1 Å². The highest BCUT2D eigenvalue weighted by atomic mass is 32.1. The van der Waals surface area contributed by atoms with Crippen LogP contribution in [-0.4, -0.2) is 43.7 Å². The molecule has 21 heavy (non-hydrogen) atoms. The molecule has 2 aromatic rings. The second-order valence-electron chi connectivity index (χ2n) is 4.63. The zero-order valence-electron chi connectivity index (χ0n) is 12.3. The minimum Gasteiger partial charge on any atom is -0.497 e. The number of ether oxygens (including phenoxy) is 2. The molecule has 0 spiro atoms. The molecular formula is C16H17NO3S. The number of hydrogen-bond donors (Lipinski definition) is 0. The molecule has 0 atom stereocenters. The molecule has 0 heterocycles. The van der Waals surface area contributed by atoms with Crippen LogP contribution in [-0.2, 0) is 9.53 Å². The van der Waals surface area contributed by atoms with Crippen LogP contribution in [0.5, 0.6) is 5.75 Å². The van der Waals surface area contributed by atoms with E-state index < -0.39 is 0 Å². The average molecular weight is 303 g/mol. The highest BCUT2D eigenvalue weighted by molar-refractivity contribution is 7.80. The molecule has 0 N–H and O–H groups in total. The lowest BCUT2D eigenvalue weighted by Gasteiger charge is -2.20. The maximum Gasteiger partial charge on any atom is 0.325 e. The summed E-state index contributed by atoms with van der Waals surface area (Å²) in [5.74, 6) is 0.482. The van der Waals surface area contributed by atoms with Gasteiger partial charge in [-0.15, -0.1) is 0 Å². The van der Waals surface area contributed by atoms with Crippen molar-refractivity contribution in [3.63, 3.8) is 0 Å². The van der Waals surface area contributed by atoms with Gasteiger partial charge in [-0.1, -0.05) is 30.4 Å². The predicted molar refractivity (Wildman–Crippen MR) is 86.8 cm³/mol. The number of likely N-dealkylation sites (N-methyl/N-ethyl adjacent to an activating group) is 1. The standard InChI is InChI=1S/C16H17NO3S/c1-17(10-15(18)20-3)16(21)14-6-4-5-11-9-12(19-2)7-8-13(11)14/h4-9H,10H2,1-3H3. The number of fused-ring (bicyclic) bond motifs is 1. The van der Waals surface area contributed by atoms with E-state index in [0.29, 0.717) is 4.99 Å². The van der Waals surface area contributed by atoms with Crippen molar-refractivity contribution < 1.29 is 14.3 Å². The fourth-order valence-electron chi connectivity index (χ4n) is 2.11. The van der Waals surface area contributed by atoms with Crippen LogP contribution in [0.25, 0.3) is 10.8 Å². The molecule has 0 aromatic heterocycles. The Balaban J connectivity index is 2.37. The minimum absolute atomic E-state index is 0.127. The van der Waals surface area contributed by atoms with Gasteiger partial charge in [-0.3, -0.25) is 4.79 Å². The van der Waals surface area contributed by atoms with Gasteiger partial charge in [0.2, 0.25) is 0 Å². The van der Waals surface area contributed by atoms with Crippen molar-refractivity contribution in [2.24, 2.45) is 0 Å². The van der Waals surface area contributed by atoms with Crippen molar-refractivity contribution in [3.05, 3.63) is 42.0 Å². The van der Waals surface area contributed by atoms with Crippen molar-refractivity contribution in [2.45, 2.75) is 0 Å². The molecule has 110 valence electrons. The van der Waals surface area contributed by atoms with Gasteiger partial charge in [0.15, 0.2) is 0 Å². The Morgan fingerprint density at radius 3 is 2.67 bits per heavy atom. The van der Waals surface area contributed by atoms with Crippen LogP contribution in [0.15, 0.2) is 36.4 Å². The minimum atomic E-state index is -0.318. The molecule has 0 saturated heterocycles. The van der Waals surface area contributed by atoms with E-state index in [2.05, 4.69) is 4.74 Å². The van der Waals surface area contributed by atoms with E-state index in [1.807, 2.05) is 36.4 Å². The molecule has 0 saturated carbocycles. The van der Waals surface area contributed by atoms with E-state index in [1.165, 1.54) is 7.11 Å². The zero-order valence-corrected chi connectivity index (χ0v) is 13.1. The van der Waals surface area contributed by atoms with Gasteiger partial charge in [0.25, 0.3) is 0 Å². The van der Waals surface area contributed by atoms with Crippen LogP contribution < -0.4 is 4.74 Å². The predicted octanol–water partition coefficient (Wildman–Crippen LogP) is 2.63. The quantitative estimate of drug-likeness (QED) is 0.641. The summed E-state index contributed by atoms with van der Waals surface area (Å²) < 4.78 is 9.90. The van der Waals surface area contributed by atoms with E-state index in [4.69, 9.17) is 17.0 Å². The lowest BCUT2D eigenvalue weighted by Crippen LogP contribution is -2.32. The SMILES string of the molecule is COC(=O)CN(C)C(=S)c1cccc2cc(OC)ccc12. The number of thiocarbonyl (C=S) groups is 1. The molecule has 0 aliphatic rings. The van der Waals surface area contributed by atoms with Gasteiger partial charge in [0.05, 0.1) is 14.2 Å². The maximum atomic E-state index is 11.4. The number of methoxy groups -OCH3 is 2. The topological polar surface area (TPSA) is 38.8 Å². The van der Waals surface area contributed by atoms with Crippen LogP contribution in [0.4, 0.5) is 0 Å². The van der Waals surface area contributed by atoms with Crippen LogP contribution in [0, 0.1) is 0 Å². The van der Waals surface area contributed by atoms with Gasteiger partial charge in [0, 0.05) is 12.6 Å². The number of esters is 1. The van der Waals surface area contributed by atoms with Crippen molar-refractivity contribution in [3.8, 4) is 5.75 Å². The van der Waals surface area contributed by atoms with E-state index in [9.17, 15) is 4.79 Å². The van der Waals surface area contributed by atoms with Crippen molar-refractivity contribution in [2.75, 3.05) is 27.8 Å². The summed E-state index contributed by atoms with van der Waals surface area (Å²) in [5.41, 5.74) is 0.913. The summed E-state index contributed by atoms with van der Waals surface area (Å²) in [6.07, 6.45) is 0. The van der Waals surface area contributed by atoms with Crippen LogP contribution in [0.1, 0.15) is 5.56 Å². The number of carbonyl (C=O) groups is 1. The molecule has 2 rings (SSSR count). The molecule has 0 radical (unpaired) electrons. The summed E-state index contributed by atoms with van der Waals surface area (Å²) in [6, 6.07) is 11.7. The highest BCUT2D eigenvalue weighted by Gasteiger charge is 2.14. The number of benzene rings is 2. The first kappa shape index (κ1) is 15.3. The summed E-state index contributed by atoms with van der Waals surface area (Å²) in [4.78, 5) is 13.7. The normalized spacial score (nSPS) is 10.2. The largest absolute Gasteiger partial charge is 0.497 e. The van der Waals surface area contributed by atoms with Gasteiger partial charge in [-0.25, -0.2) is 0 Å². The molecule has 0 unspecified atom stereocenters. The molecule has 4 nitrogen and oxygen atoms in total. The molecular weight excluding hydrogens is 286 g/mol. The third-order valence-corrected chi connectivity index (χ3v) is 3.79. The Hall–Kier alpha value is -2.14. The monoisotopic (exact) mass is 303 g/mol. The van der Waals surface area contributed by atoms with Gasteiger partial charge in [-0.05, 0) is 29.0 Å². The van der Waals surface area contributed by atoms with E-state index in [-0.39, 0.29) is 12.5 Å². The van der Waals surface area contributed by atoms with Crippen molar-refractivity contribution in [1.82, 2.24) is 4.90 Å². The zero-order chi connectivity index (χ0) is 15.4. The Bertz CT molecular complexity index is 684. The van der Waals surface area contributed by atoms with Crippen molar-refractivity contribution in [1.29, 1.82) is 0 Å². The molecule has 0 fully saturated rings. The van der Waals surface area contributed by atoms with Crippen LogP contribution in [0.2, 0.25) is 0 Å². The van der Waals surface area contributed by atoms with Crippen molar-refractivity contribution >= 4 is 33.9 Å². The number of rotatable bonds is 4. The molecule has 5 heteroatoms. The summed E-state index contributed by atoms with van der Waals surface area (Å²) in [5, 5.41) is 2.07. The smallest absolute Gasteiger partial charge is 0.325 e. The first-order chi connectivity index (χ1) is 10.1. The van der Waals surface area contributed by atoms with Gasteiger partial charge < -0.3 is 14.4 Å². The third kappa shape index (κ3) is 3.31. The number of carbonyl (C=O) groups excluding carboxylic acids is 1. The Morgan fingerprint density at radius 1 is 1.24 bits per heavy atom. The lowest BCUT2D eigenvalue weighted by molar-refractivity contribution is -0.140. The van der Waals surface area contributed by atoms with Gasteiger partial charge in [-0.2, -0.15) is 0 Å². The maximum absolute atomic E-state index is 11.4. The first-order valence-corrected chi connectivity index (χ1v) is 6.86. The molecule has 0 aliphatic carbocycles. The second-order valence-corrected chi connectivity index (χ2v) is 5.02. The number of hydrogen-bond acceptors (Lipinski definition) is 4. The molecule has 0 aliphatic heterocycles. The molecule has 0 amide bonds. The Morgan fingerprint density at radius 2 is 2.00 bits per heavy atom. The molecule has 0 bridgehead atoms. The second kappa shape index (κ2) is 6.54. The van der Waals surface area contributed by atoms with E-state index >= 15 is 0 Å². The van der Waals surface area contributed by atoms with Gasteiger partial charge in [0.1, 0.15) is 17.3 Å².